The van der Waals surface area contributed by atoms with Crippen LogP contribution in [0.2, 0.25) is 0 Å². The van der Waals surface area contributed by atoms with Crippen molar-refractivity contribution < 1.29 is 9.31 Å². The van der Waals surface area contributed by atoms with E-state index < -0.39 is 0 Å². The molecule has 2 nitrogen and oxygen atoms in total. The Kier molecular flexibility index (Phi) is 3.43. The first-order valence-corrected chi connectivity index (χ1v) is 6.90. The fourth-order valence-electron chi connectivity index (χ4n) is 2.49. The van der Waals surface area contributed by atoms with E-state index in [0.717, 1.165) is 12.3 Å². The van der Waals surface area contributed by atoms with Crippen LogP contribution in [0.5, 0.6) is 0 Å². The molecule has 0 spiro atoms. The maximum atomic E-state index is 6.08. The second-order valence-corrected chi connectivity index (χ2v) is 6.42. The number of allylic oxidation sites excluding steroid dienone is 2. The van der Waals surface area contributed by atoms with Crippen LogP contribution in [0.25, 0.3) is 0 Å². The molecule has 0 aromatic heterocycles. The Morgan fingerprint density at radius 3 is 2.24 bits per heavy atom. The monoisotopic (exact) mass is 236 g/mol. The molecule has 96 valence electrons. The van der Waals surface area contributed by atoms with E-state index in [9.17, 15) is 0 Å². The van der Waals surface area contributed by atoms with Crippen molar-refractivity contribution in [2.45, 2.75) is 71.5 Å². The molecule has 0 radical (unpaired) electrons. The second-order valence-electron chi connectivity index (χ2n) is 6.42. The summed E-state index contributed by atoms with van der Waals surface area (Å²) in [5, 5.41) is 0. The second kappa shape index (κ2) is 4.44. The number of hydrogen-bond donors (Lipinski definition) is 0. The zero-order valence-corrected chi connectivity index (χ0v) is 11.9. The van der Waals surface area contributed by atoms with E-state index in [1.54, 1.807) is 0 Å². The Labute approximate surface area is 106 Å². The molecule has 1 aliphatic heterocycles. The normalized spacial score (nSPS) is 31.5. The molecule has 2 aliphatic rings. The molecule has 3 heteroatoms. The highest BCUT2D eigenvalue weighted by Crippen LogP contribution is 2.40. The van der Waals surface area contributed by atoms with Crippen molar-refractivity contribution in [3.63, 3.8) is 0 Å². The molecule has 1 fully saturated rings. The summed E-state index contributed by atoms with van der Waals surface area (Å²) < 4.78 is 12.2. The lowest BCUT2D eigenvalue weighted by molar-refractivity contribution is 0.00578. The van der Waals surface area contributed by atoms with Gasteiger partial charge in [0.2, 0.25) is 0 Å². The Morgan fingerprint density at radius 1 is 1.24 bits per heavy atom. The average molecular weight is 236 g/mol. The van der Waals surface area contributed by atoms with Crippen LogP contribution in [-0.2, 0) is 9.31 Å². The predicted octanol–water partition coefficient (Wildman–Crippen LogP) is 3.75. The van der Waals surface area contributed by atoms with Gasteiger partial charge in [-0.25, -0.2) is 0 Å². The van der Waals surface area contributed by atoms with E-state index in [1.807, 2.05) is 0 Å². The minimum atomic E-state index is -0.208. The van der Waals surface area contributed by atoms with Crippen molar-refractivity contribution in [3.05, 3.63) is 11.5 Å². The smallest absolute Gasteiger partial charge is 0.400 e. The summed E-state index contributed by atoms with van der Waals surface area (Å²) >= 11 is 0. The fraction of sp³-hybridized carbons (Fsp3) is 0.857. The van der Waals surface area contributed by atoms with Gasteiger partial charge in [-0.15, -0.1) is 0 Å². The van der Waals surface area contributed by atoms with Gasteiger partial charge in [0, 0.05) is 0 Å². The van der Waals surface area contributed by atoms with E-state index in [-0.39, 0.29) is 18.3 Å². The summed E-state index contributed by atoms with van der Waals surface area (Å²) in [5.74, 6) is 0.862. The van der Waals surface area contributed by atoms with Gasteiger partial charge in [-0.2, -0.15) is 0 Å². The highest BCUT2D eigenvalue weighted by Gasteiger charge is 2.52. The van der Waals surface area contributed by atoms with Crippen LogP contribution < -0.4 is 0 Å². The molecule has 0 bridgehead atoms. The van der Waals surface area contributed by atoms with Crippen molar-refractivity contribution in [2.75, 3.05) is 0 Å². The van der Waals surface area contributed by atoms with Crippen LogP contribution in [-0.4, -0.2) is 18.3 Å². The minimum absolute atomic E-state index is 0.113. The van der Waals surface area contributed by atoms with Crippen LogP contribution in [0.1, 0.15) is 60.3 Å². The van der Waals surface area contributed by atoms with Crippen LogP contribution >= 0.6 is 0 Å². The molecule has 0 amide bonds. The Balaban J connectivity index is 2.05. The van der Waals surface area contributed by atoms with Crippen molar-refractivity contribution in [1.82, 2.24) is 0 Å². The van der Waals surface area contributed by atoms with Crippen LogP contribution in [0.3, 0.4) is 0 Å². The molecule has 1 aliphatic carbocycles. The van der Waals surface area contributed by atoms with Crippen molar-refractivity contribution >= 4 is 7.12 Å². The van der Waals surface area contributed by atoms with Gasteiger partial charge in [0.05, 0.1) is 11.2 Å². The SMILES string of the molecule is CCC1CC=C(B2OC(C)(C)C(C)(C)O2)CC1. The Morgan fingerprint density at radius 2 is 1.82 bits per heavy atom. The van der Waals surface area contributed by atoms with Crippen molar-refractivity contribution in [1.29, 1.82) is 0 Å². The maximum Gasteiger partial charge on any atom is 0.490 e. The largest absolute Gasteiger partial charge is 0.490 e. The fourth-order valence-corrected chi connectivity index (χ4v) is 2.49. The molecule has 0 N–H and O–H groups in total. The van der Waals surface area contributed by atoms with Crippen molar-refractivity contribution in [2.24, 2.45) is 5.92 Å². The summed E-state index contributed by atoms with van der Waals surface area (Å²) in [4.78, 5) is 0. The summed E-state index contributed by atoms with van der Waals surface area (Å²) in [5.41, 5.74) is 0.939. The van der Waals surface area contributed by atoms with Gasteiger partial charge in [0.25, 0.3) is 0 Å². The van der Waals surface area contributed by atoms with E-state index in [2.05, 4.69) is 40.7 Å². The predicted molar refractivity (Wildman–Crippen MR) is 71.8 cm³/mol. The van der Waals surface area contributed by atoms with E-state index in [1.165, 1.54) is 24.7 Å². The molecule has 1 heterocycles. The minimum Gasteiger partial charge on any atom is -0.400 e. The number of hydrogen-bond acceptors (Lipinski definition) is 2. The quantitative estimate of drug-likeness (QED) is 0.679. The first kappa shape index (κ1) is 13.2. The van der Waals surface area contributed by atoms with Gasteiger partial charge in [-0.3, -0.25) is 0 Å². The zero-order valence-electron chi connectivity index (χ0n) is 11.9. The maximum absolute atomic E-state index is 6.08. The molecular weight excluding hydrogens is 211 g/mol. The Hall–Kier alpha value is -0.275. The lowest BCUT2D eigenvalue weighted by Gasteiger charge is -2.32. The topological polar surface area (TPSA) is 18.5 Å². The molecular formula is C14H25BO2. The van der Waals surface area contributed by atoms with Crippen LogP contribution in [0.4, 0.5) is 0 Å². The molecule has 1 unspecified atom stereocenters. The average Bonchev–Trinajstić information content (AvgIpc) is 2.48. The third-order valence-electron chi connectivity index (χ3n) is 4.69. The van der Waals surface area contributed by atoms with E-state index >= 15 is 0 Å². The molecule has 0 aromatic carbocycles. The van der Waals surface area contributed by atoms with Gasteiger partial charge in [0.15, 0.2) is 0 Å². The van der Waals surface area contributed by atoms with Gasteiger partial charge in [-0.1, -0.05) is 19.4 Å². The van der Waals surface area contributed by atoms with Crippen LogP contribution in [0, 0.1) is 5.92 Å². The first-order valence-electron chi connectivity index (χ1n) is 6.90. The first-order chi connectivity index (χ1) is 7.86. The van der Waals surface area contributed by atoms with Gasteiger partial charge in [0.1, 0.15) is 0 Å². The molecule has 1 atom stereocenters. The summed E-state index contributed by atoms with van der Waals surface area (Å²) in [6.07, 6.45) is 7.24. The molecule has 2 rings (SSSR count). The molecule has 1 saturated heterocycles. The van der Waals surface area contributed by atoms with E-state index in [0.29, 0.717) is 0 Å². The highest BCUT2D eigenvalue weighted by molar-refractivity contribution is 6.54. The van der Waals surface area contributed by atoms with Crippen molar-refractivity contribution in [3.8, 4) is 0 Å². The summed E-state index contributed by atoms with van der Waals surface area (Å²) in [6, 6.07) is 0. The van der Waals surface area contributed by atoms with Gasteiger partial charge < -0.3 is 9.31 Å². The van der Waals surface area contributed by atoms with E-state index in [4.69, 9.17) is 9.31 Å². The van der Waals surface area contributed by atoms with Gasteiger partial charge in [-0.05, 0) is 58.3 Å². The summed E-state index contributed by atoms with van der Waals surface area (Å²) in [6.45, 7) is 10.7. The molecule has 0 aromatic rings. The van der Waals surface area contributed by atoms with Gasteiger partial charge >= 0.3 is 7.12 Å². The highest BCUT2D eigenvalue weighted by atomic mass is 16.7. The zero-order chi connectivity index (χ0) is 12.7. The lowest BCUT2D eigenvalue weighted by Crippen LogP contribution is -2.41. The lowest BCUT2D eigenvalue weighted by atomic mass is 9.70. The van der Waals surface area contributed by atoms with Crippen LogP contribution in [0.15, 0.2) is 11.5 Å². The third kappa shape index (κ3) is 2.46. The Bertz CT molecular complexity index is 304. The summed E-state index contributed by atoms with van der Waals surface area (Å²) in [7, 11) is -0.113. The molecule has 17 heavy (non-hydrogen) atoms. The number of rotatable bonds is 2. The molecule has 0 saturated carbocycles. The third-order valence-corrected chi connectivity index (χ3v) is 4.69. The standard InChI is InChI=1S/C14H25BO2/c1-6-11-7-9-12(10-8-11)15-16-13(2,3)14(4,5)17-15/h9,11H,6-8,10H2,1-5H3.